The van der Waals surface area contributed by atoms with Gasteiger partial charge in [-0.15, -0.1) is 0 Å². The molecular weight excluding hydrogens is 326 g/mol. The van der Waals surface area contributed by atoms with Crippen molar-refractivity contribution in [1.82, 2.24) is 0 Å². The molecule has 0 saturated heterocycles. The van der Waals surface area contributed by atoms with E-state index in [1.165, 1.54) is 0 Å². The van der Waals surface area contributed by atoms with Crippen LogP contribution in [0.5, 0.6) is 0 Å². The Balaban J connectivity index is 2.26. The summed E-state index contributed by atoms with van der Waals surface area (Å²) in [5.74, 6) is -0.140. The SMILES string of the molecule is NCC(c1ccc(Cl)cc1)C(O)c1ccc(Br)cc1. The molecule has 2 aromatic rings. The smallest absolute Gasteiger partial charge is 0.0870 e. The quantitative estimate of drug-likeness (QED) is 0.887. The maximum atomic E-state index is 10.5. The summed E-state index contributed by atoms with van der Waals surface area (Å²) in [5.41, 5.74) is 7.65. The second-order valence-corrected chi connectivity index (χ2v) is 5.74. The molecule has 19 heavy (non-hydrogen) atoms. The molecule has 0 spiro atoms. The highest BCUT2D eigenvalue weighted by molar-refractivity contribution is 9.10. The predicted octanol–water partition coefficient (Wildman–Crippen LogP) is 3.88. The molecule has 3 N–H and O–H groups in total. The Labute approximate surface area is 126 Å². The van der Waals surface area contributed by atoms with Crippen molar-refractivity contribution in [3.63, 3.8) is 0 Å². The van der Waals surface area contributed by atoms with E-state index in [2.05, 4.69) is 15.9 Å². The lowest BCUT2D eigenvalue weighted by molar-refractivity contribution is 0.147. The summed E-state index contributed by atoms with van der Waals surface area (Å²) in [6.45, 7) is 0.374. The second kappa shape index (κ2) is 6.53. The summed E-state index contributed by atoms with van der Waals surface area (Å²) in [7, 11) is 0. The van der Waals surface area contributed by atoms with Gasteiger partial charge in [0.2, 0.25) is 0 Å². The van der Waals surface area contributed by atoms with E-state index in [0.717, 1.165) is 15.6 Å². The lowest BCUT2D eigenvalue weighted by atomic mass is 9.89. The van der Waals surface area contributed by atoms with Crippen LogP contribution in [0.3, 0.4) is 0 Å². The zero-order valence-electron chi connectivity index (χ0n) is 10.3. The fourth-order valence-corrected chi connectivity index (χ4v) is 2.44. The zero-order chi connectivity index (χ0) is 13.8. The molecule has 100 valence electrons. The van der Waals surface area contributed by atoms with Gasteiger partial charge in [-0.3, -0.25) is 0 Å². The second-order valence-electron chi connectivity index (χ2n) is 4.39. The minimum absolute atomic E-state index is 0.140. The Morgan fingerprint density at radius 2 is 1.53 bits per heavy atom. The minimum atomic E-state index is -0.626. The average molecular weight is 341 g/mol. The summed E-state index contributed by atoms with van der Waals surface area (Å²) in [4.78, 5) is 0. The van der Waals surface area contributed by atoms with Gasteiger partial charge in [0.15, 0.2) is 0 Å². The van der Waals surface area contributed by atoms with Gasteiger partial charge in [0.25, 0.3) is 0 Å². The topological polar surface area (TPSA) is 46.2 Å². The molecule has 2 unspecified atom stereocenters. The molecule has 0 aliphatic rings. The molecule has 2 nitrogen and oxygen atoms in total. The standard InChI is InChI=1S/C15H15BrClNO/c16-12-5-1-11(2-6-12)15(19)14(9-18)10-3-7-13(17)8-4-10/h1-8,14-15,19H,9,18H2. The van der Waals surface area contributed by atoms with Gasteiger partial charge in [-0.05, 0) is 35.4 Å². The van der Waals surface area contributed by atoms with E-state index < -0.39 is 6.10 Å². The van der Waals surface area contributed by atoms with Gasteiger partial charge in [0.05, 0.1) is 6.10 Å². The van der Waals surface area contributed by atoms with Crippen molar-refractivity contribution in [2.45, 2.75) is 12.0 Å². The molecule has 0 radical (unpaired) electrons. The monoisotopic (exact) mass is 339 g/mol. The lowest BCUT2D eigenvalue weighted by Crippen LogP contribution is -2.20. The van der Waals surface area contributed by atoms with E-state index in [0.29, 0.717) is 11.6 Å². The van der Waals surface area contributed by atoms with E-state index in [-0.39, 0.29) is 5.92 Å². The molecule has 2 aromatic carbocycles. The Morgan fingerprint density at radius 1 is 1.00 bits per heavy atom. The molecule has 0 amide bonds. The number of aliphatic hydroxyl groups is 1. The number of hydrogen-bond donors (Lipinski definition) is 2. The summed E-state index contributed by atoms with van der Waals surface area (Å²) >= 11 is 9.26. The predicted molar refractivity (Wildman–Crippen MR) is 82.3 cm³/mol. The average Bonchev–Trinajstić information content (AvgIpc) is 2.42. The molecule has 0 aliphatic heterocycles. The van der Waals surface area contributed by atoms with Gasteiger partial charge in [0.1, 0.15) is 0 Å². The highest BCUT2D eigenvalue weighted by Gasteiger charge is 2.21. The molecule has 0 bridgehead atoms. The maximum absolute atomic E-state index is 10.5. The Hall–Kier alpha value is -0.870. The van der Waals surface area contributed by atoms with Crippen LogP contribution in [0.25, 0.3) is 0 Å². The summed E-state index contributed by atoms with van der Waals surface area (Å²) < 4.78 is 0.985. The van der Waals surface area contributed by atoms with Gasteiger partial charge in [-0.2, -0.15) is 0 Å². The largest absolute Gasteiger partial charge is 0.388 e. The van der Waals surface area contributed by atoms with Crippen LogP contribution in [-0.4, -0.2) is 11.7 Å². The number of halogens is 2. The van der Waals surface area contributed by atoms with E-state index in [1.54, 1.807) is 0 Å². The molecule has 0 aliphatic carbocycles. The first kappa shape index (κ1) is 14.5. The van der Waals surface area contributed by atoms with Crippen LogP contribution < -0.4 is 5.73 Å². The fourth-order valence-electron chi connectivity index (χ4n) is 2.05. The van der Waals surface area contributed by atoms with Crippen molar-refractivity contribution in [1.29, 1.82) is 0 Å². The molecule has 0 fully saturated rings. The van der Waals surface area contributed by atoms with Crippen LogP contribution in [0.1, 0.15) is 23.1 Å². The molecular formula is C15H15BrClNO. The Kier molecular flexibility index (Phi) is 4.99. The third-order valence-electron chi connectivity index (χ3n) is 3.14. The van der Waals surface area contributed by atoms with E-state index >= 15 is 0 Å². The van der Waals surface area contributed by atoms with Gasteiger partial charge in [-0.1, -0.05) is 51.8 Å². The van der Waals surface area contributed by atoms with E-state index in [9.17, 15) is 5.11 Å². The first-order valence-electron chi connectivity index (χ1n) is 6.01. The molecule has 0 aromatic heterocycles. The molecule has 0 saturated carbocycles. The summed E-state index contributed by atoms with van der Waals surface area (Å²) in [6, 6.07) is 15.0. The third-order valence-corrected chi connectivity index (χ3v) is 3.93. The van der Waals surface area contributed by atoms with Crippen LogP contribution in [0.4, 0.5) is 0 Å². The summed E-state index contributed by atoms with van der Waals surface area (Å²) in [5, 5.41) is 11.1. The summed E-state index contributed by atoms with van der Waals surface area (Å²) in [6.07, 6.45) is -0.626. The third kappa shape index (κ3) is 3.57. The highest BCUT2D eigenvalue weighted by atomic mass is 79.9. The van der Waals surface area contributed by atoms with Crippen LogP contribution >= 0.6 is 27.5 Å². The van der Waals surface area contributed by atoms with Crippen molar-refractivity contribution in [2.75, 3.05) is 6.54 Å². The molecule has 2 rings (SSSR count). The molecule has 2 atom stereocenters. The van der Waals surface area contributed by atoms with Gasteiger partial charge in [0, 0.05) is 22.0 Å². The number of aliphatic hydroxyl groups excluding tert-OH is 1. The Morgan fingerprint density at radius 3 is 2.05 bits per heavy atom. The van der Waals surface area contributed by atoms with Crippen molar-refractivity contribution in [3.05, 3.63) is 69.2 Å². The van der Waals surface area contributed by atoms with Crippen molar-refractivity contribution in [3.8, 4) is 0 Å². The lowest BCUT2D eigenvalue weighted by Gasteiger charge is -2.22. The number of rotatable bonds is 4. The fraction of sp³-hybridized carbons (Fsp3) is 0.200. The van der Waals surface area contributed by atoms with Crippen LogP contribution in [-0.2, 0) is 0 Å². The maximum Gasteiger partial charge on any atom is 0.0870 e. The van der Waals surface area contributed by atoms with Gasteiger partial charge >= 0.3 is 0 Å². The van der Waals surface area contributed by atoms with E-state index in [4.69, 9.17) is 17.3 Å². The van der Waals surface area contributed by atoms with Crippen molar-refractivity contribution >= 4 is 27.5 Å². The Bertz CT molecular complexity index is 527. The first-order valence-corrected chi connectivity index (χ1v) is 7.18. The van der Waals surface area contributed by atoms with E-state index in [1.807, 2.05) is 48.5 Å². The number of nitrogens with two attached hydrogens (primary N) is 1. The van der Waals surface area contributed by atoms with Gasteiger partial charge in [-0.25, -0.2) is 0 Å². The normalized spacial score (nSPS) is 14.1. The van der Waals surface area contributed by atoms with Crippen molar-refractivity contribution in [2.24, 2.45) is 5.73 Å². The van der Waals surface area contributed by atoms with Crippen LogP contribution in [0.2, 0.25) is 5.02 Å². The highest BCUT2D eigenvalue weighted by Crippen LogP contribution is 2.31. The van der Waals surface area contributed by atoms with Crippen molar-refractivity contribution < 1.29 is 5.11 Å². The first-order chi connectivity index (χ1) is 9.11. The van der Waals surface area contributed by atoms with Gasteiger partial charge < -0.3 is 10.8 Å². The molecule has 0 heterocycles. The van der Waals surface area contributed by atoms with Crippen LogP contribution in [0, 0.1) is 0 Å². The number of benzene rings is 2. The minimum Gasteiger partial charge on any atom is -0.388 e. The van der Waals surface area contributed by atoms with Crippen LogP contribution in [0.15, 0.2) is 53.0 Å². The molecule has 4 heteroatoms. The zero-order valence-corrected chi connectivity index (χ0v) is 12.6. The number of hydrogen-bond acceptors (Lipinski definition) is 2.